The standard InChI is InChI=1S/C18H26N2O2.C4H9NO/c1-3-13-12-19-10-11-20(13)18(21)16-9-8-14(16)15-6-4-5-7-17(15)22-2;1-3-5-4(2)6/h4-7,13-14,16,19H,3,8-12H2,1-2H3;3H2,1-2H3,(H,5,6)/t13-,14?,16?;/m1./s1. The third-order valence-electron chi connectivity index (χ3n) is 5.66. The van der Waals surface area contributed by atoms with Crippen molar-refractivity contribution in [1.29, 1.82) is 0 Å². The lowest BCUT2D eigenvalue weighted by atomic mass is 9.69. The van der Waals surface area contributed by atoms with E-state index in [1.54, 1.807) is 7.11 Å². The molecule has 2 unspecified atom stereocenters. The fraction of sp³-hybridized carbons (Fsp3) is 0.636. The van der Waals surface area contributed by atoms with Crippen LogP contribution in [0.4, 0.5) is 0 Å². The second-order valence-electron chi connectivity index (χ2n) is 7.42. The summed E-state index contributed by atoms with van der Waals surface area (Å²) >= 11 is 0. The molecular formula is C22H35N3O3. The molecule has 0 radical (unpaired) electrons. The number of para-hydroxylation sites is 1. The first-order valence-electron chi connectivity index (χ1n) is 10.4. The molecule has 1 aromatic rings. The van der Waals surface area contributed by atoms with E-state index < -0.39 is 0 Å². The molecule has 1 aliphatic heterocycles. The number of nitrogens with zero attached hydrogens (tertiary/aromatic N) is 1. The number of nitrogens with one attached hydrogen (secondary N) is 2. The number of rotatable bonds is 5. The number of benzene rings is 1. The van der Waals surface area contributed by atoms with Crippen molar-refractivity contribution in [3.8, 4) is 5.75 Å². The highest BCUT2D eigenvalue weighted by Crippen LogP contribution is 2.46. The summed E-state index contributed by atoms with van der Waals surface area (Å²) in [5.74, 6) is 1.74. The summed E-state index contributed by atoms with van der Waals surface area (Å²) in [4.78, 5) is 25.0. The van der Waals surface area contributed by atoms with Crippen LogP contribution in [0.25, 0.3) is 0 Å². The third-order valence-corrected chi connectivity index (χ3v) is 5.66. The van der Waals surface area contributed by atoms with Gasteiger partial charge in [0.05, 0.1) is 7.11 Å². The number of hydrogen-bond acceptors (Lipinski definition) is 4. The van der Waals surface area contributed by atoms with E-state index in [1.165, 1.54) is 12.5 Å². The van der Waals surface area contributed by atoms with E-state index in [4.69, 9.17) is 4.74 Å². The molecule has 3 rings (SSSR count). The van der Waals surface area contributed by atoms with Gasteiger partial charge in [0.15, 0.2) is 0 Å². The normalized spacial score (nSPS) is 23.7. The van der Waals surface area contributed by atoms with Crippen LogP contribution in [0.15, 0.2) is 24.3 Å². The Morgan fingerprint density at radius 1 is 1.25 bits per heavy atom. The maximum atomic E-state index is 13.0. The van der Waals surface area contributed by atoms with Crippen molar-refractivity contribution in [3.05, 3.63) is 29.8 Å². The van der Waals surface area contributed by atoms with Crippen LogP contribution < -0.4 is 15.4 Å². The molecule has 0 bridgehead atoms. The Balaban J connectivity index is 0.000000409. The highest BCUT2D eigenvalue weighted by molar-refractivity contribution is 5.81. The lowest BCUT2D eigenvalue weighted by Crippen LogP contribution is -2.56. The summed E-state index contributed by atoms with van der Waals surface area (Å²) < 4.78 is 5.48. The highest BCUT2D eigenvalue weighted by atomic mass is 16.5. The van der Waals surface area contributed by atoms with Crippen LogP contribution in [0.3, 0.4) is 0 Å². The Labute approximate surface area is 169 Å². The number of carbonyl (C=O) groups is 2. The van der Waals surface area contributed by atoms with Crippen molar-refractivity contribution >= 4 is 11.8 Å². The van der Waals surface area contributed by atoms with Gasteiger partial charge in [0, 0.05) is 45.1 Å². The average Bonchev–Trinajstić information content (AvgIpc) is 2.68. The monoisotopic (exact) mass is 389 g/mol. The van der Waals surface area contributed by atoms with Crippen LogP contribution in [0, 0.1) is 5.92 Å². The van der Waals surface area contributed by atoms with Gasteiger partial charge in [-0.3, -0.25) is 9.59 Å². The van der Waals surface area contributed by atoms with E-state index >= 15 is 0 Å². The Morgan fingerprint density at radius 3 is 2.54 bits per heavy atom. The van der Waals surface area contributed by atoms with Gasteiger partial charge in [0.1, 0.15) is 5.75 Å². The number of hydrogen-bond donors (Lipinski definition) is 2. The SMILES string of the molecule is CCNC(C)=O.CC[C@@H]1CNCCN1C(=O)C1CCC1c1ccccc1OC. The molecule has 6 heteroatoms. The number of piperazine rings is 1. The minimum Gasteiger partial charge on any atom is -0.496 e. The second kappa shape index (κ2) is 11.1. The average molecular weight is 390 g/mol. The molecule has 6 nitrogen and oxygen atoms in total. The fourth-order valence-corrected chi connectivity index (χ4v) is 4.02. The predicted molar refractivity (Wildman–Crippen MR) is 111 cm³/mol. The Hall–Kier alpha value is -2.08. The molecule has 1 aliphatic carbocycles. The van der Waals surface area contributed by atoms with Gasteiger partial charge in [-0.05, 0) is 43.7 Å². The minimum atomic E-state index is 0.0394. The zero-order valence-electron chi connectivity index (χ0n) is 17.7. The lowest BCUT2D eigenvalue weighted by molar-refractivity contribution is -0.142. The lowest BCUT2D eigenvalue weighted by Gasteiger charge is -2.43. The first-order valence-corrected chi connectivity index (χ1v) is 10.4. The number of methoxy groups -OCH3 is 1. The Kier molecular flexibility index (Phi) is 8.77. The van der Waals surface area contributed by atoms with Crippen LogP contribution in [0.2, 0.25) is 0 Å². The Bertz CT molecular complexity index is 650. The van der Waals surface area contributed by atoms with Crippen LogP contribution in [-0.2, 0) is 9.59 Å². The van der Waals surface area contributed by atoms with E-state index in [0.29, 0.717) is 17.9 Å². The quantitative estimate of drug-likeness (QED) is 0.812. The van der Waals surface area contributed by atoms with Crippen LogP contribution in [-0.4, -0.2) is 56.0 Å². The van der Waals surface area contributed by atoms with Crippen molar-refractivity contribution in [2.24, 2.45) is 5.92 Å². The van der Waals surface area contributed by atoms with Gasteiger partial charge in [-0.1, -0.05) is 25.1 Å². The summed E-state index contributed by atoms with van der Waals surface area (Å²) in [5, 5.41) is 5.96. The summed E-state index contributed by atoms with van der Waals surface area (Å²) in [6.45, 7) is 8.96. The minimum absolute atomic E-state index is 0.0394. The van der Waals surface area contributed by atoms with Crippen molar-refractivity contribution in [1.82, 2.24) is 15.5 Å². The molecule has 0 aromatic heterocycles. The highest BCUT2D eigenvalue weighted by Gasteiger charge is 2.42. The zero-order chi connectivity index (χ0) is 20.5. The van der Waals surface area contributed by atoms with Gasteiger partial charge in [-0.25, -0.2) is 0 Å². The van der Waals surface area contributed by atoms with Crippen LogP contribution in [0.5, 0.6) is 5.75 Å². The number of ether oxygens (including phenoxy) is 1. The van der Waals surface area contributed by atoms with E-state index in [0.717, 1.165) is 51.2 Å². The molecule has 1 saturated heterocycles. The first kappa shape index (κ1) is 22.2. The molecule has 1 aromatic carbocycles. The number of amides is 2. The summed E-state index contributed by atoms with van der Waals surface area (Å²) in [6, 6.07) is 8.48. The second-order valence-corrected chi connectivity index (χ2v) is 7.42. The van der Waals surface area contributed by atoms with Crippen molar-refractivity contribution in [2.75, 3.05) is 33.3 Å². The first-order chi connectivity index (χ1) is 13.5. The summed E-state index contributed by atoms with van der Waals surface area (Å²) in [6.07, 6.45) is 3.10. The molecule has 2 fully saturated rings. The Morgan fingerprint density at radius 2 is 2.00 bits per heavy atom. The van der Waals surface area contributed by atoms with Crippen molar-refractivity contribution in [3.63, 3.8) is 0 Å². The largest absolute Gasteiger partial charge is 0.496 e. The smallest absolute Gasteiger partial charge is 0.226 e. The van der Waals surface area contributed by atoms with E-state index in [1.807, 2.05) is 25.1 Å². The molecule has 3 atom stereocenters. The molecular weight excluding hydrogens is 354 g/mol. The van der Waals surface area contributed by atoms with Gasteiger partial charge >= 0.3 is 0 Å². The van der Waals surface area contributed by atoms with Crippen molar-refractivity contribution in [2.45, 2.75) is 52.0 Å². The molecule has 0 spiro atoms. The summed E-state index contributed by atoms with van der Waals surface area (Å²) in [7, 11) is 1.71. The predicted octanol–water partition coefficient (Wildman–Crippen LogP) is 2.54. The molecule has 28 heavy (non-hydrogen) atoms. The van der Waals surface area contributed by atoms with Gasteiger partial charge in [0.25, 0.3) is 0 Å². The molecule has 2 amide bonds. The maximum absolute atomic E-state index is 13.0. The van der Waals surface area contributed by atoms with Gasteiger partial charge in [0.2, 0.25) is 11.8 Å². The van der Waals surface area contributed by atoms with E-state index in [-0.39, 0.29) is 11.8 Å². The van der Waals surface area contributed by atoms with Gasteiger partial charge in [-0.15, -0.1) is 0 Å². The number of carbonyl (C=O) groups excluding carboxylic acids is 2. The third kappa shape index (κ3) is 5.47. The van der Waals surface area contributed by atoms with Crippen LogP contribution >= 0.6 is 0 Å². The van der Waals surface area contributed by atoms with E-state index in [2.05, 4.69) is 28.5 Å². The zero-order valence-corrected chi connectivity index (χ0v) is 17.7. The molecule has 1 heterocycles. The molecule has 2 aliphatic rings. The van der Waals surface area contributed by atoms with Crippen LogP contribution in [0.1, 0.15) is 51.5 Å². The molecule has 156 valence electrons. The molecule has 1 saturated carbocycles. The molecule has 2 N–H and O–H groups in total. The van der Waals surface area contributed by atoms with Gasteiger partial charge in [-0.2, -0.15) is 0 Å². The summed E-state index contributed by atoms with van der Waals surface area (Å²) in [5.41, 5.74) is 1.19. The van der Waals surface area contributed by atoms with Gasteiger partial charge < -0.3 is 20.3 Å². The van der Waals surface area contributed by atoms with Crippen molar-refractivity contribution < 1.29 is 14.3 Å². The fourth-order valence-electron chi connectivity index (χ4n) is 4.02. The topological polar surface area (TPSA) is 70.7 Å². The van der Waals surface area contributed by atoms with E-state index in [9.17, 15) is 9.59 Å². The maximum Gasteiger partial charge on any atom is 0.226 e.